The molecule has 8 nitrogen and oxygen atoms in total. The number of nitrogens with one attached hydrogen (secondary N) is 1. The highest BCUT2D eigenvalue weighted by Gasteiger charge is 2.30. The van der Waals surface area contributed by atoms with E-state index in [4.69, 9.17) is 4.74 Å². The van der Waals surface area contributed by atoms with E-state index in [9.17, 15) is 9.59 Å². The van der Waals surface area contributed by atoms with Crippen molar-refractivity contribution in [1.29, 1.82) is 0 Å². The monoisotopic (exact) mass is 431 g/mol. The van der Waals surface area contributed by atoms with Crippen molar-refractivity contribution in [3.8, 4) is 5.75 Å². The zero-order valence-corrected chi connectivity index (χ0v) is 18.1. The summed E-state index contributed by atoms with van der Waals surface area (Å²) in [6.07, 6.45) is 5.58. The van der Waals surface area contributed by atoms with Crippen LogP contribution < -0.4 is 10.1 Å². The first-order valence-corrected chi connectivity index (χ1v) is 10.5. The predicted octanol–water partition coefficient (Wildman–Crippen LogP) is 2.75. The fourth-order valence-electron chi connectivity index (χ4n) is 3.79. The van der Waals surface area contributed by atoms with E-state index in [1.165, 1.54) is 0 Å². The van der Waals surface area contributed by atoms with Gasteiger partial charge in [-0.1, -0.05) is 12.1 Å². The van der Waals surface area contributed by atoms with Gasteiger partial charge in [0.1, 0.15) is 11.6 Å². The van der Waals surface area contributed by atoms with E-state index in [1.54, 1.807) is 49.7 Å². The maximum absolute atomic E-state index is 12.6. The summed E-state index contributed by atoms with van der Waals surface area (Å²) in [4.78, 5) is 40.1. The first kappa shape index (κ1) is 21.4. The second-order valence-corrected chi connectivity index (χ2v) is 7.74. The van der Waals surface area contributed by atoms with Crippen LogP contribution in [0.4, 0.5) is 0 Å². The first-order chi connectivity index (χ1) is 15.5. The molecule has 1 N–H and O–H groups in total. The summed E-state index contributed by atoms with van der Waals surface area (Å²) in [6.45, 7) is 3.38. The number of methoxy groups -OCH3 is 1. The van der Waals surface area contributed by atoms with E-state index in [0.717, 1.165) is 17.7 Å². The number of amides is 2. The quantitative estimate of drug-likeness (QED) is 0.645. The van der Waals surface area contributed by atoms with Gasteiger partial charge in [-0.2, -0.15) is 0 Å². The lowest BCUT2D eigenvalue weighted by Gasteiger charge is -2.16. The molecule has 1 saturated heterocycles. The van der Waals surface area contributed by atoms with E-state index in [-0.39, 0.29) is 17.7 Å². The molecule has 2 aromatic heterocycles. The summed E-state index contributed by atoms with van der Waals surface area (Å²) in [5.41, 5.74) is 2.58. The topological polar surface area (TPSA) is 97.3 Å². The van der Waals surface area contributed by atoms with Crippen LogP contribution in [0.5, 0.6) is 5.75 Å². The average molecular weight is 431 g/mol. The number of hydrogen-bond acceptors (Lipinski definition) is 6. The van der Waals surface area contributed by atoms with Gasteiger partial charge in [-0.05, 0) is 43.2 Å². The van der Waals surface area contributed by atoms with Crippen molar-refractivity contribution >= 4 is 11.8 Å². The van der Waals surface area contributed by atoms with Crippen molar-refractivity contribution < 1.29 is 14.3 Å². The summed E-state index contributed by atoms with van der Waals surface area (Å²) in [7, 11) is 1.61. The Morgan fingerprint density at radius 3 is 2.84 bits per heavy atom. The third-order valence-electron chi connectivity index (χ3n) is 5.58. The van der Waals surface area contributed by atoms with E-state index in [2.05, 4.69) is 20.3 Å². The normalized spacial score (nSPS) is 15.4. The highest BCUT2D eigenvalue weighted by atomic mass is 16.5. The molecule has 1 aromatic carbocycles. The Bertz CT molecular complexity index is 1120. The van der Waals surface area contributed by atoms with Crippen LogP contribution >= 0.6 is 0 Å². The van der Waals surface area contributed by atoms with Crippen LogP contribution in [0.2, 0.25) is 0 Å². The minimum atomic E-state index is -0.225. The van der Waals surface area contributed by atoms with Gasteiger partial charge in [0.15, 0.2) is 0 Å². The Labute approximate surface area is 186 Å². The molecule has 3 aromatic rings. The Balaban J connectivity index is 1.38. The Hall–Kier alpha value is -3.81. The molecule has 1 atom stereocenters. The molecule has 32 heavy (non-hydrogen) atoms. The Kier molecular flexibility index (Phi) is 6.39. The van der Waals surface area contributed by atoms with Crippen molar-refractivity contribution in [2.24, 2.45) is 0 Å². The molecule has 1 unspecified atom stereocenters. The number of pyridine rings is 1. The van der Waals surface area contributed by atoms with Crippen LogP contribution in [-0.2, 0) is 6.54 Å². The summed E-state index contributed by atoms with van der Waals surface area (Å²) < 4.78 is 5.21. The average Bonchev–Trinajstić information content (AvgIpc) is 3.33. The van der Waals surface area contributed by atoms with E-state index < -0.39 is 0 Å². The molecule has 0 bridgehead atoms. The lowest BCUT2D eigenvalue weighted by molar-refractivity contribution is 0.0790. The smallest absolute Gasteiger partial charge is 0.255 e. The molecule has 1 fully saturated rings. The zero-order chi connectivity index (χ0) is 22.5. The molecule has 1 aliphatic rings. The number of ether oxygens (including phenoxy) is 1. The van der Waals surface area contributed by atoms with Crippen molar-refractivity contribution in [3.63, 3.8) is 0 Å². The number of carbonyl (C=O) groups excluding carboxylic acids is 2. The maximum Gasteiger partial charge on any atom is 0.255 e. The lowest BCUT2D eigenvalue weighted by Crippen LogP contribution is -2.28. The van der Waals surface area contributed by atoms with E-state index in [1.807, 2.05) is 24.3 Å². The summed E-state index contributed by atoms with van der Waals surface area (Å²) in [5, 5.41) is 2.90. The van der Waals surface area contributed by atoms with Gasteiger partial charge in [-0.15, -0.1) is 0 Å². The zero-order valence-electron chi connectivity index (χ0n) is 18.1. The number of aryl methyl sites for hydroxylation is 1. The van der Waals surface area contributed by atoms with Crippen LogP contribution in [0.1, 0.15) is 50.1 Å². The summed E-state index contributed by atoms with van der Waals surface area (Å²) in [5.74, 6) is 1.19. The second kappa shape index (κ2) is 9.55. The largest absolute Gasteiger partial charge is 0.497 e. The van der Waals surface area contributed by atoms with Crippen LogP contribution in [0.3, 0.4) is 0 Å². The number of rotatable bonds is 6. The van der Waals surface area contributed by atoms with Gasteiger partial charge in [0.05, 0.1) is 23.9 Å². The number of aromatic nitrogens is 3. The van der Waals surface area contributed by atoms with Gasteiger partial charge < -0.3 is 15.0 Å². The molecule has 1 aliphatic heterocycles. The minimum Gasteiger partial charge on any atom is -0.497 e. The van der Waals surface area contributed by atoms with Gasteiger partial charge in [-0.25, -0.2) is 9.97 Å². The van der Waals surface area contributed by atoms with Crippen molar-refractivity contribution in [2.45, 2.75) is 25.8 Å². The van der Waals surface area contributed by atoms with Gasteiger partial charge >= 0.3 is 0 Å². The number of nitrogens with zero attached hydrogens (tertiary/aromatic N) is 4. The molecular formula is C24H25N5O3. The first-order valence-electron chi connectivity index (χ1n) is 10.5. The molecule has 164 valence electrons. The standard InChI is InChI=1S/C24H25N5O3/c1-16-21(23(30)27-12-17-5-3-7-20(11-17)32-2)14-26-22(28-16)19-8-10-29(15-19)24(31)18-6-4-9-25-13-18/h3-7,9,11,13-14,19H,8,10,12,15H2,1-2H3,(H,27,30). The molecule has 0 saturated carbocycles. The Morgan fingerprint density at radius 1 is 1.22 bits per heavy atom. The molecule has 2 amide bonds. The minimum absolute atomic E-state index is 0.0362. The maximum atomic E-state index is 12.6. The van der Waals surface area contributed by atoms with E-state index in [0.29, 0.717) is 42.3 Å². The van der Waals surface area contributed by atoms with Crippen LogP contribution in [0, 0.1) is 6.92 Å². The molecule has 0 spiro atoms. The van der Waals surface area contributed by atoms with Crippen LogP contribution in [0.15, 0.2) is 55.0 Å². The van der Waals surface area contributed by atoms with Crippen LogP contribution in [0.25, 0.3) is 0 Å². The summed E-state index contributed by atoms with van der Waals surface area (Å²) in [6, 6.07) is 11.1. The van der Waals surface area contributed by atoms with Gasteiger partial charge in [0, 0.05) is 44.1 Å². The lowest BCUT2D eigenvalue weighted by atomic mass is 10.1. The molecule has 3 heterocycles. The second-order valence-electron chi connectivity index (χ2n) is 7.74. The van der Waals surface area contributed by atoms with Gasteiger partial charge in [0.25, 0.3) is 11.8 Å². The fourth-order valence-corrected chi connectivity index (χ4v) is 3.79. The Morgan fingerprint density at radius 2 is 2.09 bits per heavy atom. The highest BCUT2D eigenvalue weighted by Crippen LogP contribution is 2.26. The van der Waals surface area contributed by atoms with Crippen molar-refractivity contribution in [2.75, 3.05) is 20.2 Å². The van der Waals surface area contributed by atoms with Crippen LogP contribution in [-0.4, -0.2) is 51.9 Å². The third kappa shape index (κ3) is 4.74. The number of benzene rings is 1. The predicted molar refractivity (Wildman–Crippen MR) is 118 cm³/mol. The van der Waals surface area contributed by atoms with Crippen molar-refractivity contribution in [1.82, 2.24) is 25.2 Å². The van der Waals surface area contributed by atoms with Gasteiger partial charge in [-0.3, -0.25) is 14.6 Å². The fraction of sp³-hybridized carbons (Fsp3) is 0.292. The highest BCUT2D eigenvalue weighted by molar-refractivity contribution is 5.95. The molecular weight excluding hydrogens is 406 g/mol. The number of carbonyl (C=O) groups is 2. The molecule has 4 rings (SSSR count). The summed E-state index contributed by atoms with van der Waals surface area (Å²) >= 11 is 0. The van der Waals surface area contributed by atoms with E-state index >= 15 is 0 Å². The SMILES string of the molecule is COc1cccc(CNC(=O)c2cnc(C3CCN(C(=O)c4cccnc4)C3)nc2C)c1. The van der Waals surface area contributed by atoms with Crippen molar-refractivity contribution in [3.05, 3.63) is 83.2 Å². The molecule has 8 heteroatoms. The molecule has 0 aliphatic carbocycles. The number of hydrogen-bond donors (Lipinski definition) is 1. The third-order valence-corrected chi connectivity index (χ3v) is 5.58. The van der Waals surface area contributed by atoms with Gasteiger partial charge in [0.2, 0.25) is 0 Å². The number of likely N-dealkylation sites (tertiary alicyclic amines) is 1. The molecule has 0 radical (unpaired) electrons.